The maximum Gasteiger partial charge on any atom is 0.261 e. The molecule has 2 aromatic carbocycles. The van der Waals surface area contributed by atoms with Crippen LogP contribution < -0.4 is 5.32 Å². The standard InChI is InChI=1S/C19H12F2N4O/c20-14-6-2-7-15(21)17(14)18(26)23-13-5-1-4-12(10-13)16-11-25-9-3-8-22-19(25)24-16/h1-11H,(H,23,26). The number of anilines is 1. The van der Waals surface area contributed by atoms with Crippen LogP contribution in [0.5, 0.6) is 0 Å². The minimum Gasteiger partial charge on any atom is -0.322 e. The number of imidazole rings is 1. The maximum atomic E-state index is 13.7. The van der Waals surface area contributed by atoms with Crippen LogP contribution in [0, 0.1) is 11.6 Å². The van der Waals surface area contributed by atoms with E-state index in [1.54, 1.807) is 41.1 Å². The van der Waals surface area contributed by atoms with Crippen LogP contribution in [0.25, 0.3) is 17.0 Å². The Morgan fingerprint density at radius 2 is 1.81 bits per heavy atom. The zero-order chi connectivity index (χ0) is 18.1. The second-order valence-electron chi connectivity index (χ2n) is 5.58. The van der Waals surface area contributed by atoms with E-state index in [1.165, 1.54) is 6.07 Å². The molecule has 0 saturated carbocycles. The Balaban J connectivity index is 1.64. The highest BCUT2D eigenvalue weighted by molar-refractivity contribution is 6.04. The van der Waals surface area contributed by atoms with Gasteiger partial charge in [-0.2, -0.15) is 0 Å². The van der Waals surface area contributed by atoms with E-state index >= 15 is 0 Å². The first kappa shape index (κ1) is 15.9. The number of nitrogens with one attached hydrogen (secondary N) is 1. The first-order chi connectivity index (χ1) is 12.6. The van der Waals surface area contributed by atoms with E-state index in [0.717, 1.165) is 17.7 Å². The summed E-state index contributed by atoms with van der Waals surface area (Å²) < 4.78 is 29.3. The number of hydrogen-bond donors (Lipinski definition) is 1. The Morgan fingerprint density at radius 3 is 2.58 bits per heavy atom. The van der Waals surface area contributed by atoms with Crippen LogP contribution in [0.1, 0.15) is 10.4 Å². The van der Waals surface area contributed by atoms with Gasteiger partial charge in [0.15, 0.2) is 0 Å². The summed E-state index contributed by atoms with van der Waals surface area (Å²) in [6.07, 6.45) is 5.27. The third-order valence-corrected chi connectivity index (χ3v) is 3.84. The maximum absolute atomic E-state index is 13.7. The largest absolute Gasteiger partial charge is 0.322 e. The molecule has 1 N–H and O–H groups in total. The molecule has 0 aliphatic carbocycles. The molecule has 2 aromatic heterocycles. The van der Waals surface area contributed by atoms with Gasteiger partial charge in [0, 0.05) is 29.8 Å². The van der Waals surface area contributed by atoms with E-state index in [4.69, 9.17) is 0 Å². The van der Waals surface area contributed by atoms with Gasteiger partial charge in [0.05, 0.1) is 5.69 Å². The highest BCUT2D eigenvalue weighted by Crippen LogP contribution is 2.23. The normalized spacial score (nSPS) is 10.8. The molecule has 0 radical (unpaired) electrons. The molecule has 26 heavy (non-hydrogen) atoms. The fourth-order valence-electron chi connectivity index (χ4n) is 2.63. The molecule has 4 rings (SSSR count). The highest BCUT2D eigenvalue weighted by atomic mass is 19.1. The van der Waals surface area contributed by atoms with Gasteiger partial charge in [-0.05, 0) is 30.3 Å². The molecule has 128 valence electrons. The van der Waals surface area contributed by atoms with Crippen molar-refractivity contribution < 1.29 is 13.6 Å². The predicted octanol–water partition coefficient (Wildman–Crippen LogP) is 3.93. The monoisotopic (exact) mass is 350 g/mol. The summed E-state index contributed by atoms with van der Waals surface area (Å²) in [6.45, 7) is 0. The number of nitrogens with zero attached hydrogens (tertiary/aromatic N) is 3. The Morgan fingerprint density at radius 1 is 1.04 bits per heavy atom. The summed E-state index contributed by atoms with van der Waals surface area (Å²) >= 11 is 0. The molecule has 0 atom stereocenters. The second kappa shape index (κ2) is 6.36. The van der Waals surface area contributed by atoms with Crippen molar-refractivity contribution in [2.24, 2.45) is 0 Å². The molecule has 0 aliphatic rings. The first-order valence-corrected chi connectivity index (χ1v) is 7.77. The van der Waals surface area contributed by atoms with Gasteiger partial charge in [-0.1, -0.05) is 18.2 Å². The van der Waals surface area contributed by atoms with E-state index in [1.807, 2.05) is 12.3 Å². The molecule has 0 aliphatic heterocycles. The number of hydrogen-bond acceptors (Lipinski definition) is 3. The average molecular weight is 350 g/mol. The molecule has 0 saturated heterocycles. The second-order valence-corrected chi connectivity index (χ2v) is 5.58. The fourth-order valence-corrected chi connectivity index (χ4v) is 2.63. The van der Waals surface area contributed by atoms with Gasteiger partial charge >= 0.3 is 0 Å². The third kappa shape index (κ3) is 2.90. The van der Waals surface area contributed by atoms with E-state index < -0.39 is 23.1 Å². The Kier molecular flexibility index (Phi) is 3.89. The summed E-state index contributed by atoms with van der Waals surface area (Å²) in [7, 11) is 0. The topological polar surface area (TPSA) is 59.3 Å². The summed E-state index contributed by atoms with van der Waals surface area (Å²) in [5.74, 6) is -2.13. The molecule has 4 aromatic rings. The van der Waals surface area contributed by atoms with Crippen molar-refractivity contribution in [2.75, 3.05) is 5.32 Å². The minimum atomic E-state index is -0.912. The number of halogens is 2. The Hall–Kier alpha value is -3.61. The van der Waals surface area contributed by atoms with Crippen molar-refractivity contribution >= 4 is 17.4 Å². The van der Waals surface area contributed by atoms with E-state index in [2.05, 4.69) is 15.3 Å². The summed E-state index contributed by atoms with van der Waals surface area (Å²) in [4.78, 5) is 20.8. The number of carbonyl (C=O) groups is 1. The van der Waals surface area contributed by atoms with Crippen molar-refractivity contribution in [1.82, 2.24) is 14.4 Å². The van der Waals surface area contributed by atoms with Crippen LogP contribution in [0.4, 0.5) is 14.5 Å². The predicted molar refractivity (Wildman–Crippen MR) is 92.7 cm³/mol. The average Bonchev–Trinajstić information content (AvgIpc) is 3.06. The van der Waals surface area contributed by atoms with Gasteiger partial charge in [-0.15, -0.1) is 0 Å². The number of benzene rings is 2. The Bertz CT molecular complexity index is 1070. The zero-order valence-electron chi connectivity index (χ0n) is 13.4. The van der Waals surface area contributed by atoms with Crippen molar-refractivity contribution in [2.45, 2.75) is 0 Å². The smallest absolute Gasteiger partial charge is 0.261 e. The molecule has 7 heteroatoms. The molecule has 0 fully saturated rings. The lowest BCUT2D eigenvalue weighted by atomic mass is 10.1. The van der Waals surface area contributed by atoms with Crippen molar-refractivity contribution in [1.29, 1.82) is 0 Å². The number of rotatable bonds is 3. The van der Waals surface area contributed by atoms with Crippen LogP contribution in [0.2, 0.25) is 0 Å². The quantitative estimate of drug-likeness (QED) is 0.609. The van der Waals surface area contributed by atoms with E-state index in [9.17, 15) is 13.6 Å². The van der Waals surface area contributed by atoms with E-state index in [-0.39, 0.29) is 0 Å². The summed E-state index contributed by atoms with van der Waals surface area (Å²) in [5.41, 5.74) is 1.19. The van der Waals surface area contributed by atoms with Gasteiger partial charge in [0.1, 0.15) is 17.2 Å². The molecule has 2 heterocycles. The molecular weight excluding hydrogens is 338 g/mol. The van der Waals surface area contributed by atoms with Crippen molar-refractivity contribution in [3.8, 4) is 11.3 Å². The van der Waals surface area contributed by atoms with Gasteiger partial charge < -0.3 is 5.32 Å². The van der Waals surface area contributed by atoms with Crippen LogP contribution in [-0.2, 0) is 0 Å². The SMILES string of the molecule is O=C(Nc1cccc(-c2cn3cccnc3n2)c1)c1c(F)cccc1F. The Labute approximate surface area is 147 Å². The molecule has 0 unspecified atom stereocenters. The third-order valence-electron chi connectivity index (χ3n) is 3.84. The van der Waals surface area contributed by atoms with Crippen LogP contribution in [0.15, 0.2) is 67.1 Å². The molecular formula is C19H12F2N4O. The van der Waals surface area contributed by atoms with Gasteiger partial charge in [0.2, 0.25) is 5.78 Å². The number of fused-ring (bicyclic) bond motifs is 1. The van der Waals surface area contributed by atoms with Crippen LogP contribution >= 0.6 is 0 Å². The van der Waals surface area contributed by atoms with Gasteiger partial charge in [0.25, 0.3) is 5.91 Å². The molecule has 1 amide bonds. The van der Waals surface area contributed by atoms with Crippen LogP contribution in [-0.4, -0.2) is 20.3 Å². The van der Waals surface area contributed by atoms with E-state index in [0.29, 0.717) is 17.2 Å². The summed E-state index contributed by atoms with van der Waals surface area (Å²) in [5, 5.41) is 2.51. The lowest BCUT2D eigenvalue weighted by molar-refractivity contribution is 0.101. The lowest BCUT2D eigenvalue weighted by Gasteiger charge is -2.08. The molecule has 0 spiro atoms. The van der Waals surface area contributed by atoms with Gasteiger partial charge in [-0.3, -0.25) is 9.20 Å². The minimum absolute atomic E-state index is 0.403. The van der Waals surface area contributed by atoms with Crippen molar-refractivity contribution in [3.05, 3.63) is 84.3 Å². The highest BCUT2D eigenvalue weighted by Gasteiger charge is 2.17. The molecule has 0 bridgehead atoms. The number of aromatic nitrogens is 3. The van der Waals surface area contributed by atoms with Crippen molar-refractivity contribution in [3.63, 3.8) is 0 Å². The lowest BCUT2D eigenvalue weighted by Crippen LogP contribution is -2.15. The molecule has 5 nitrogen and oxygen atoms in total. The first-order valence-electron chi connectivity index (χ1n) is 7.77. The number of carbonyl (C=O) groups excluding carboxylic acids is 1. The van der Waals surface area contributed by atoms with Crippen LogP contribution in [0.3, 0.4) is 0 Å². The fraction of sp³-hybridized carbons (Fsp3) is 0. The zero-order valence-corrected chi connectivity index (χ0v) is 13.4. The number of amides is 1. The summed E-state index contributed by atoms with van der Waals surface area (Å²) in [6, 6.07) is 11.9. The van der Waals surface area contributed by atoms with Gasteiger partial charge in [-0.25, -0.2) is 18.7 Å².